The van der Waals surface area contributed by atoms with Crippen molar-refractivity contribution >= 4 is 10.0 Å². The van der Waals surface area contributed by atoms with Gasteiger partial charge in [-0.3, -0.25) is 4.98 Å². The molecule has 98 valence electrons. The van der Waals surface area contributed by atoms with Gasteiger partial charge in [0.15, 0.2) is 0 Å². The van der Waals surface area contributed by atoms with Crippen LogP contribution in [0.15, 0.2) is 23.4 Å². The van der Waals surface area contributed by atoms with Crippen LogP contribution < -0.4 is 10.5 Å². The maximum Gasteiger partial charge on any atom is 0.242 e. The van der Waals surface area contributed by atoms with Crippen LogP contribution in [-0.4, -0.2) is 26.5 Å². The number of nitrogens with two attached hydrogens (primary N) is 1. The average molecular weight is 267 g/mol. The highest BCUT2D eigenvalue weighted by molar-refractivity contribution is 7.89. The van der Waals surface area contributed by atoms with Crippen LogP contribution in [0.25, 0.3) is 0 Å². The van der Waals surface area contributed by atoms with Gasteiger partial charge in [-0.15, -0.1) is 0 Å². The minimum atomic E-state index is -3.51. The molecule has 0 unspecified atom stereocenters. The molecule has 0 saturated carbocycles. The minimum Gasteiger partial charge on any atom is -0.320 e. The van der Waals surface area contributed by atoms with Crippen molar-refractivity contribution in [2.24, 2.45) is 11.7 Å². The molecule has 0 radical (unpaired) electrons. The van der Waals surface area contributed by atoms with Gasteiger partial charge in [0.2, 0.25) is 10.0 Å². The monoisotopic (exact) mass is 267 g/mol. The first-order valence-electron chi connectivity index (χ1n) is 5.59. The van der Waals surface area contributed by atoms with Crippen molar-refractivity contribution in [2.75, 3.05) is 13.1 Å². The highest BCUT2D eigenvalue weighted by Gasteiger charge is 2.14. The van der Waals surface area contributed by atoms with Crippen molar-refractivity contribution in [2.45, 2.75) is 18.7 Å². The lowest BCUT2D eigenvalue weighted by Crippen LogP contribution is -2.27. The van der Waals surface area contributed by atoms with Crippen molar-refractivity contribution in [3.8, 4) is 11.8 Å². The smallest absolute Gasteiger partial charge is 0.242 e. The molecule has 1 aromatic rings. The van der Waals surface area contributed by atoms with E-state index >= 15 is 0 Å². The molecule has 18 heavy (non-hydrogen) atoms. The fraction of sp³-hybridized carbons (Fsp3) is 0.417. The maximum atomic E-state index is 11.9. The van der Waals surface area contributed by atoms with Gasteiger partial charge >= 0.3 is 0 Å². The van der Waals surface area contributed by atoms with E-state index in [9.17, 15) is 8.42 Å². The molecular weight excluding hydrogens is 250 g/mol. The molecule has 0 spiro atoms. The van der Waals surface area contributed by atoms with Crippen LogP contribution in [0.2, 0.25) is 0 Å². The predicted octanol–water partition coefficient (Wildman–Crippen LogP) is 0.326. The highest BCUT2D eigenvalue weighted by atomic mass is 32.2. The van der Waals surface area contributed by atoms with E-state index in [1.807, 2.05) is 13.8 Å². The van der Waals surface area contributed by atoms with E-state index < -0.39 is 10.0 Å². The number of pyridine rings is 1. The third-order valence-corrected chi connectivity index (χ3v) is 3.43. The van der Waals surface area contributed by atoms with Crippen molar-refractivity contribution < 1.29 is 8.42 Å². The second-order valence-electron chi connectivity index (χ2n) is 4.16. The normalized spacial score (nSPS) is 11.1. The van der Waals surface area contributed by atoms with Crippen LogP contribution in [0.1, 0.15) is 19.4 Å². The van der Waals surface area contributed by atoms with E-state index in [1.54, 1.807) is 0 Å². The van der Waals surface area contributed by atoms with Gasteiger partial charge < -0.3 is 5.73 Å². The second-order valence-corrected chi connectivity index (χ2v) is 5.93. The van der Waals surface area contributed by atoms with Crippen LogP contribution >= 0.6 is 0 Å². The predicted molar refractivity (Wildman–Crippen MR) is 70.2 cm³/mol. The molecule has 0 aliphatic rings. The fourth-order valence-corrected chi connectivity index (χ4v) is 2.35. The summed E-state index contributed by atoms with van der Waals surface area (Å²) in [5.74, 6) is 5.65. The number of hydrogen-bond donors (Lipinski definition) is 2. The van der Waals surface area contributed by atoms with Gasteiger partial charge in [0.1, 0.15) is 4.90 Å². The molecule has 0 aliphatic carbocycles. The Balaban J connectivity index is 2.95. The molecule has 0 amide bonds. The molecule has 0 atom stereocenters. The quantitative estimate of drug-likeness (QED) is 0.770. The van der Waals surface area contributed by atoms with Gasteiger partial charge in [0.25, 0.3) is 0 Å². The zero-order chi connectivity index (χ0) is 13.6. The van der Waals surface area contributed by atoms with Crippen LogP contribution in [0.4, 0.5) is 0 Å². The largest absolute Gasteiger partial charge is 0.320 e. The summed E-state index contributed by atoms with van der Waals surface area (Å²) in [6, 6.07) is 1.48. The van der Waals surface area contributed by atoms with Crippen LogP contribution in [0.5, 0.6) is 0 Å². The van der Waals surface area contributed by atoms with E-state index in [-0.39, 0.29) is 17.4 Å². The summed E-state index contributed by atoms with van der Waals surface area (Å²) in [6.45, 7) is 4.48. The van der Waals surface area contributed by atoms with Gasteiger partial charge in [-0.2, -0.15) is 0 Å². The lowest BCUT2D eigenvalue weighted by Gasteiger charge is -2.08. The number of sulfonamides is 1. The Kier molecular flexibility index (Phi) is 5.28. The van der Waals surface area contributed by atoms with Gasteiger partial charge in [-0.05, 0) is 12.0 Å². The van der Waals surface area contributed by atoms with Gasteiger partial charge in [-0.25, -0.2) is 13.1 Å². The summed E-state index contributed by atoms with van der Waals surface area (Å²) < 4.78 is 26.4. The number of aromatic nitrogens is 1. The highest BCUT2D eigenvalue weighted by Crippen LogP contribution is 2.09. The Morgan fingerprint density at radius 1 is 1.44 bits per heavy atom. The Morgan fingerprint density at radius 2 is 2.17 bits per heavy atom. The first-order valence-corrected chi connectivity index (χ1v) is 7.07. The minimum absolute atomic E-state index is 0.118. The SMILES string of the molecule is CC(C)CNS(=O)(=O)c1cncc(C#CCN)c1. The van der Waals surface area contributed by atoms with E-state index in [0.717, 1.165) is 0 Å². The molecule has 0 bridgehead atoms. The molecular formula is C12H17N3O2S. The summed E-state index contributed by atoms with van der Waals surface area (Å²) in [6.07, 6.45) is 2.81. The van der Waals surface area contributed by atoms with Crippen molar-refractivity contribution in [1.29, 1.82) is 0 Å². The van der Waals surface area contributed by atoms with Crippen molar-refractivity contribution in [3.63, 3.8) is 0 Å². The van der Waals surface area contributed by atoms with Crippen LogP contribution in [0.3, 0.4) is 0 Å². The molecule has 5 nitrogen and oxygen atoms in total. The zero-order valence-corrected chi connectivity index (χ0v) is 11.3. The first kappa shape index (κ1) is 14.6. The number of nitrogens with zero attached hydrogens (tertiary/aromatic N) is 1. The van der Waals surface area contributed by atoms with Crippen LogP contribution in [-0.2, 0) is 10.0 Å². The maximum absolute atomic E-state index is 11.9. The van der Waals surface area contributed by atoms with E-state index in [0.29, 0.717) is 12.1 Å². The third-order valence-electron chi connectivity index (χ3n) is 2.04. The third kappa shape index (κ3) is 4.45. The Morgan fingerprint density at radius 3 is 2.78 bits per heavy atom. The summed E-state index contributed by atoms with van der Waals surface area (Å²) in [4.78, 5) is 3.99. The van der Waals surface area contributed by atoms with Gasteiger partial charge in [-0.1, -0.05) is 25.7 Å². The lowest BCUT2D eigenvalue weighted by molar-refractivity contribution is 0.560. The number of nitrogens with one attached hydrogen (secondary N) is 1. The molecule has 1 rings (SSSR count). The molecule has 0 aliphatic heterocycles. The summed E-state index contributed by atoms with van der Waals surface area (Å²) in [5.41, 5.74) is 5.79. The standard InChI is InChI=1S/C12H17N3O2S/c1-10(2)7-15-18(16,17)12-6-11(4-3-5-13)8-14-9-12/h6,8-10,15H,5,7,13H2,1-2H3. The average Bonchev–Trinajstić information content (AvgIpc) is 2.34. The molecule has 1 aromatic heterocycles. The molecule has 1 heterocycles. The van der Waals surface area contributed by atoms with Gasteiger partial charge in [0, 0.05) is 24.5 Å². The summed E-state index contributed by atoms with van der Waals surface area (Å²) >= 11 is 0. The van der Waals surface area contributed by atoms with E-state index in [1.165, 1.54) is 18.5 Å². The molecule has 0 aromatic carbocycles. The Labute approximate surface area is 108 Å². The van der Waals surface area contributed by atoms with Crippen molar-refractivity contribution in [1.82, 2.24) is 9.71 Å². The number of rotatable bonds is 4. The summed E-state index contributed by atoms with van der Waals surface area (Å²) in [5, 5.41) is 0. The zero-order valence-electron chi connectivity index (χ0n) is 10.5. The van der Waals surface area contributed by atoms with E-state index in [2.05, 4.69) is 21.5 Å². The Bertz CT molecular complexity index is 556. The van der Waals surface area contributed by atoms with Crippen LogP contribution in [0, 0.1) is 17.8 Å². The fourth-order valence-electron chi connectivity index (χ4n) is 1.15. The summed E-state index contributed by atoms with van der Waals surface area (Å²) in [7, 11) is -3.51. The Hall–Kier alpha value is -1.42. The molecule has 0 saturated heterocycles. The molecule has 6 heteroatoms. The molecule has 3 N–H and O–H groups in total. The van der Waals surface area contributed by atoms with Gasteiger partial charge in [0.05, 0.1) is 6.54 Å². The topological polar surface area (TPSA) is 85.1 Å². The second kappa shape index (κ2) is 6.50. The van der Waals surface area contributed by atoms with E-state index in [4.69, 9.17) is 5.73 Å². The lowest BCUT2D eigenvalue weighted by atomic mass is 10.2. The number of hydrogen-bond acceptors (Lipinski definition) is 4. The van der Waals surface area contributed by atoms with Crippen molar-refractivity contribution in [3.05, 3.63) is 24.0 Å². The molecule has 0 fully saturated rings. The first-order chi connectivity index (χ1) is 8.45.